The SMILES string of the molecule is N=CC1CN(C[C@H]2O[C@@H](n3ccc(N)nc3=O)C(F)(F)[C@@H]2O)CCN1N. The van der Waals surface area contributed by atoms with Crippen LogP contribution in [0.15, 0.2) is 17.1 Å². The minimum absolute atomic E-state index is 0.0165. The van der Waals surface area contributed by atoms with Gasteiger partial charge < -0.3 is 21.0 Å². The molecular weight excluding hydrogens is 352 g/mol. The maximum absolute atomic E-state index is 14.5. The standard InChI is InChI=1S/C14H21F2N7O3/c15-14(16)11(24)9(7-21-3-4-23(19)8(5-17)6-21)26-12(14)22-2-1-10(18)20-13(22)25/h1-2,5,8-9,11-12,17,24H,3-4,6-7,19H2,(H2,18,20,25)/t8?,9-,11-,12-/m1/s1. The molecule has 0 bridgehead atoms. The molecule has 2 aliphatic heterocycles. The molecule has 0 amide bonds. The van der Waals surface area contributed by atoms with Gasteiger partial charge in [0.2, 0.25) is 6.23 Å². The third kappa shape index (κ3) is 3.33. The van der Waals surface area contributed by atoms with Crippen molar-refractivity contribution >= 4 is 12.0 Å². The molecule has 3 heterocycles. The van der Waals surface area contributed by atoms with Gasteiger partial charge >= 0.3 is 11.6 Å². The molecular formula is C14H21F2N7O3. The number of aliphatic hydroxyl groups excluding tert-OH is 1. The van der Waals surface area contributed by atoms with Gasteiger partial charge in [0.1, 0.15) is 18.0 Å². The second kappa shape index (κ2) is 6.96. The minimum atomic E-state index is -3.68. The van der Waals surface area contributed by atoms with Gasteiger partial charge in [-0.2, -0.15) is 13.8 Å². The van der Waals surface area contributed by atoms with Gasteiger partial charge in [-0.3, -0.25) is 15.3 Å². The van der Waals surface area contributed by atoms with Crippen molar-refractivity contribution < 1.29 is 18.6 Å². The summed E-state index contributed by atoms with van der Waals surface area (Å²) in [5, 5.41) is 18.9. The van der Waals surface area contributed by atoms with Gasteiger partial charge in [-0.15, -0.1) is 0 Å². The fourth-order valence-electron chi connectivity index (χ4n) is 3.18. The molecule has 12 heteroatoms. The Kier molecular flexibility index (Phi) is 5.03. The molecule has 2 aliphatic rings. The number of halogens is 2. The van der Waals surface area contributed by atoms with Gasteiger partial charge in [0.15, 0.2) is 0 Å². The van der Waals surface area contributed by atoms with Crippen LogP contribution in [0.4, 0.5) is 14.6 Å². The molecule has 10 nitrogen and oxygen atoms in total. The summed E-state index contributed by atoms with van der Waals surface area (Å²) in [4.78, 5) is 17.1. The molecule has 144 valence electrons. The first-order valence-electron chi connectivity index (χ1n) is 8.04. The maximum Gasteiger partial charge on any atom is 0.351 e. The lowest BCUT2D eigenvalue weighted by Crippen LogP contribution is -2.58. The van der Waals surface area contributed by atoms with Crippen LogP contribution in [-0.2, 0) is 4.74 Å². The lowest BCUT2D eigenvalue weighted by molar-refractivity contribution is -0.140. The first-order valence-corrected chi connectivity index (χ1v) is 8.04. The predicted molar refractivity (Wildman–Crippen MR) is 87.7 cm³/mol. The number of aliphatic hydroxyl groups is 1. The normalized spacial score (nSPS) is 32.6. The second-order valence-corrected chi connectivity index (χ2v) is 6.42. The summed E-state index contributed by atoms with van der Waals surface area (Å²) < 4.78 is 35.0. The van der Waals surface area contributed by atoms with Crippen LogP contribution >= 0.6 is 0 Å². The van der Waals surface area contributed by atoms with E-state index in [-0.39, 0.29) is 18.4 Å². The first kappa shape index (κ1) is 18.8. The van der Waals surface area contributed by atoms with Gasteiger partial charge in [0.05, 0.1) is 6.04 Å². The molecule has 1 unspecified atom stereocenters. The molecule has 0 radical (unpaired) electrons. The van der Waals surface area contributed by atoms with Crippen LogP contribution in [0.25, 0.3) is 0 Å². The summed E-state index contributed by atoms with van der Waals surface area (Å²) in [6.45, 7) is 1.30. The number of ether oxygens (including phenoxy) is 1. The van der Waals surface area contributed by atoms with E-state index in [4.69, 9.17) is 21.7 Å². The number of hydrogen-bond donors (Lipinski definition) is 4. The van der Waals surface area contributed by atoms with Gasteiger partial charge in [0, 0.05) is 38.6 Å². The van der Waals surface area contributed by atoms with Crippen LogP contribution in [0, 0.1) is 5.41 Å². The summed E-state index contributed by atoms with van der Waals surface area (Å²) in [7, 11) is 0. The van der Waals surface area contributed by atoms with Crippen LogP contribution in [-0.4, -0.2) is 81.1 Å². The Morgan fingerprint density at radius 1 is 1.50 bits per heavy atom. The molecule has 4 atom stereocenters. The quantitative estimate of drug-likeness (QED) is 0.358. The molecule has 26 heavy (non-hydrogen) atoms. The van der Waals surface area contributed by atoms with E-state index in [0.717, 1.165) is 6.20 Å². The van der Waals surface area contributed by atoms with Crippen molar-refractivity contribution in [1.82, 2.24) is 19.5 Å². The molecule has 1 aromatic rings. The zero-order valence-electron chi connectivity index (χ0n) is 13.8. The smallest absolute Gasteiger partial charge is 0.351 e. The number of nitrogens with one attached hydrogen (secondary N) is 1. The molecule has 6 N–H and O–H groups in total. The second-order valence-electron chi connectivity index (χ2n) is 6.42. The number of hydrogen-bond acceptors (Lipinski definition) is 9. The van der Waals surface area contributed by atoms with Crippen LogP contribution in [0.5, 0.6) is 0 Å². The topological polar surface area (TPSA) is 147 Å². The first-order chi connectivity index (χ1) is 12.2. The van der Waals surface area contributed by atoms with Gasteiger partial charge in [-0.25, -0.2) is 9.80 Å². The maximum atomic E-state index is 14.5. The summed E-state index contributed by atoms with van der Waals surface area (Å²) >= 11 is 0. The summed E-state index contributed by atoms with van der Waals surface area (Å²) in [6, 6.07) is 0.859. The fraction of sp³-hybridized carbons (Fsp3) is 0.643. The Morgan fingerprint density at radius 2 is 2.23 bits per heavy atom. The van der Waals surface area contributed by atoms with Crippen LogP contribution < -0.4 is 17.3 Å². The van der Waals surface area contributed by atoms with Crippen LogP contribution in [0.2, 0.25) is 0 Å². The Balaban J connectivity index is 1.76. The van der Waals surface area contributed by atoms with Crippen molar-refractivity contribution in [3.8, 4) is 0 Å². The zero-order valence-corrected chi connectivity index (χ0v) is 13.8. The molecule has 0 aliphatic carbocycles. The Hall–Kier alpha value is -1.99. The molecule has 3 rings (SSSR count). The van der Waals surface area contributed by atoms with E-state index in [9.17, 15) is 18.7 Å². The molecule has 2 saturated heterocycles. The fourth-order valence-corrected chi connectivity index (χ4v) is 3.18. The molecule has 0 aromatic carbocycles. The number of alkyl halides is 2. The van der Waals surface area contributed by atoms with E-state index in [1.54, 1.807) is 4.90 Å². The summed E-state index contributed by atoms with van der Waals surface area (Å²) in [5.74, 6) is 1.98. The van der Waals surface area contributed by atoms with E-state index >= 15 is 0 Å². The largest absolute Gasteiger partial charge is 0.384 e. The highest BCUT2D eigenvalue weighted by atomic mass is 19.3. The number of nitrogens with two attached hydrogens (primary N) is 2. The molecule has 0 saturated carbocycles. The Bertz CT molecular complexity index is 731. The number of nitrogens with zero attached hydrogens (tertiary/aromatic N) is 4. The lowest BCUT2D eigenvalue weighted by Gasteiger charge is -2.38. The van der Waals surface area contributed by atoms with Crippen LogP contribution in [0.1, 0.15) is 6.23 Å². The van der Waals surface area contributed by atoms with E-state index < -0.39 is 30.0 Å². The van der Waals surface area contributed by atoms with Crippen molar-refractivity contribution in [2.24, 2.45) is 5.84 Å². The highest BCUT2D eigenvalue weighted by Gasteiger charge is 2.59. The number of anilines is 1. The number of aromatic nitrogens is 2. The van der Waals surface area contributed by atoms with Gasteiger partial charge in [-0.05, 0) is 6.07 Å². The lowest BCUT2D eigenvalue weighted by atomic mass is 10.1. The van der Waals surface area contributed by atoms with E-state index in [1.165, 1.54) is 17.3 Å². The predicted octanol–water partition coefficient (Wildman–Crippen LogP) is -1.77. The number of piperazine rings is 1. The van der Waals surface area contributed by atoms with Crippen molar-refractivity contribution in [2.45, 2.75) is 30.4 Å². The Labute approximate surface area is 147 Å². The molecule has 0 spiro atoms. The highest BCUT2D eigenvalue weighted by molar-refractivity contribution is 5.61. The third-order valence-corrected chi connectivity index (χ3v) is 4.66. The van der Waals surface area contributed by atoms with Crippen molar-refractivity contribution in [3.63, 3.8) is 0 Å². The van der Waals surface area contributed by atoms with Crippen molar-refractivity contribution in [1.29, 1.82) is 5.41 Å². The summed E-state index contributed by atoms with van der Waals surface area (Å²) in [6.07, 6.45) is -3.04. The minimum Gasteiger partial charge on any atom is -0.384 e. The average molecular weight is 373 g/mol. The monoisotopic (exact) mass is 373 g/mol. The average Bonchev–Trinajstić information content (AvgIpc) is 2.80. The number of hydrazine groups is 1. The van der Waals surface area contributed by atoms with Crippen molar-refractivity contribution in [2.75, 3.05) is 31.9 Å². The van der Waals surface area contributed by atoms with Crippen LogP contribution in [0.3, 0.4) is 0 Å². The third-order valence-electron chi connectivity index (χ3n) is 4.66. The van der Waals surface area contributed by atoms with Gasteiger partial charge in [0.25, 0.3) is 0 Å². The number of nitrogen functional groups attached to an aromatic ring is 1. The zero-order chi connectivity index (χ0) is 19.1. The number of rotatable bonds is 4. The van der Waals surface area contributed by atoms with E-state index in [1.807, 2.05) is 0 Å². The van der Waals surface area contributed by atoms with E-state index in [0.29, 0.717) is 24.2 Å². The molecule has 1 aromatic heterocycles. The Morgan fingerprint density at radius 3 is 2.88 bits per heavy atom. The van der Waals surface area contributed by atoms with Crippen molar-refractivity contribution in [3.05, 3.63) is 22.7 Å². The van der Waals surface area contributed by atoms with Gasteiger partial charge in [-0.1, -0.05) is 0 Å². The summed E-state index contributed by atoms with van der Waals surface area (Å²) in [5.41, 5.74) is 4.38. The molecule has 2 fully saturated rings. The highest BCUT2D eigenvalue weighted by Crippen LogP contribution is 2.42. The van der Waals surface area contributed by atoms with E-state index in [2.05, 4.69) is 4.98 Å².